The SMILES string of the molecule is COC(=O)[C@H](Cc1c[nH]c2ccccc12)N(Cc1ccccc1)C(F)F. The van der Waals surface area contributed by atoms with Crippen LogP contribution in [0, 0.1) is 0 Å². The standard InChI is InChI=1S/C20H20F2N2O2/c1-26-19(25)18(11-15-12-23-17-10-6-5-9-16(15)17)24(20(21)22)13-14-7-3-2-4-8-14/h2-10,12,18,20,23H,11,13H2,1H3/t18-/m0/s1. The van der Waals surface area contributed by atoms with E-state index in [2.05, 4.69) is 4.98 Å². The van der Waals surface area contributed by atoms with Gasteiger partial charge in [0.25, 0.3) is 6.55 Å². The monoisotopic (exact) mass is 358 g/mol. The summed E-state index contributed by atoms with van der Waals surface area (Å²) in [4.78, 5) is 16.3. The van der Waals surface area contributed by atoms with Crippen LogP contribution in [0.4, 0.5) is 8.78 Å². The first-order valence-electron chi connectivity index (χ1n) is 8.30. The summed E-state index contributed by atoms with van der Waals surface area (Å²) in [6, 6.07) is 15.4. The van der Waals surface area contributed by atoms with Crippen molar-refractivity contribution in [3.05, 3.63) is 71.9 Å². The van der Waals surface area contributed by atoms with Crippen LogP contribution in [0.2, 0.25) is 0 Å². The van der Waals surface area contributed by atoms with E-state index in [0.29, 0.717) is 5.56 Å². The van der Waals surface area contributed by atoms with Gasteiger partial charge in [-0.25, -0.2) is 4.90 Å². The number of esters is 1. The number of rotatable bonds is 7. The van der Waals surface area contributed by atoms with E-state index in [4.69, 9.17) is 4.74 Å². The summed E-state index contributed by atoms with van der Waals surface area (Å²) >= 11 is 0. The van der Waals surface area contributed by atoms with Gasteiger partial charge >= 0.3 is 5.97 Å². The maximum atomic E-state index is 13.8. The molecule has 0 fully saturated rings. The molecule has 0 aliphatic heterocycles. The number of halogens is 2. The Morgan fingerprint density at radius 1 is 1.12 bits per heavy atom. The van der Waals surface area contributed by atoms with Gasteiger partial charge in [-0.15, -0.1) is 0 Å². The first-order chi connectivity index (χ1) is 12.6. The van der Waals surface area contributed by atoms with Gasteiger partial charge in [0.15, 0.2) is 0 Å². The smallest absolute Gasteiger partial charge is 0.323 e. The van der Waals surface area contributed by atoms with Gasteiger partial charge in [-0.2, -0.15) is 8.78 Å². The number of carbonyl (C=O) groups is 1. The number of para-hydroxylation sites is 1. The van der Waals surface area contributed by atoms with Gasteiger partial charge in [-0.05, 0) is 17.2 Å². The zero-order valence-electron chi connectivity index (χ0n) is 14.4. The summed E-state index contributed by atoms with van der Waals surface area (Å²) in [6.45, 7) is -2.83. The van der Waals surface area contributed by atoms with Crippen LogP contribution >= 0.6 is 0 Å². The predicted molar refractivity (Wildman–Crippen MR) is 95.8 cm³/mol. The molecule has 136 valence electrons. The molecule has 3 rings (SSSR count). The Kier molecular flexibility index (Phi) is 5.63. The van der Waals surface area contributed by atoms with Crippen molar-refractivity contribution in [2.45, 2.75) is 25.6 Å². The molecular formula is C20H20F2N2O2. The number of hydrogen-bond donors (Lipinski definition) is 1. The van der Waals surface area contributed by atoms with E-state index in [0.717, 1.165) is 21.4 Å². The molecule has 0 amide bonds. The fourth-order valence-corrected chi connectivity index (χ4v) is 3.09. The second kappa shape index (κ2) is 8.10. The van der Waals surface area contributed by atoms with E-state index in [9.17, 15) is 13.6 Å². The highest BCUT2D eigenvalue weighted by molar-refractivity contribution is 5.84. The van der Waals surface area contributed by atoms with E-state index >= 15 is 0 Å². The lowest BCUT2D eigenvalue weighted by Gasteiger charge is -2.29. The van der Waals surface area contributed by atoms with Crippen LogP contribution in [0.5, 0.6) is 0 Å². The number of H-pyrrole nitrogens is 1. The third-order valence-corrected chi connectivity index (χ3v) is 4.42. The van der Waals surface area contributed by atoms with Crippen molar-refractivity contribution in [1.82, 2.24) is 9.88 Å². The molecule has 0 radical (unpaired) electrons. The Morgan fingerprint density at radius 2 is 1.81 bits per heavy atom. The predicted octanol–water partition coefficient (Wildman–Crippen LogP) is 3.98. The molecule has 0 unspecified atom stereocenters. The lowest BCUT2D eigenvalue weighted by molar-refractivity contribution is -0.155. The highest BCUT2D eigenvalue weighted by atomic mass is 19.3. The number of carbonyl (C=O) groups excluding carboxylic acids is 1. The normalized spacial score (nSPS) is 12.7. The van der Waals surface area contributed by atoms with Gasteiger partial charge in [0.2, 0.25) is 0 Å². The number of aromatic amines is 1. The highest BCUT2D eigenvalue weighted by Crippen LogP contribution is 2.24. The highest BCUT2D eigenvalue weighted by Gasteiger charge is 2.33. The van der Waals surface area contributed by atoms with Crippen molar-refractivity contribution in [3.63, 3.8) is 0 Å². The topological polar surface area (TPSA) is 45.3 Å². The van der Waals surface area contributed by atoms with Crippen LogP contribution in [0.15, 0.2) is 60.8 Å². The van der Waals surface area contributed by atoms with Gasteiger partial charge in [0.1, 0.15) is 6.04 Å². The average molecular weight is 358 g/mol. The van der Waals surface area contributed by atoms with Crippen LogP contribution < -0.4 is 0 Å². The third kappa shape index (κ3) is 3.91. The van der Waals surface area contributed by atoms with Gasteiger partial charge in [0.05, 0.1) is 7.11 Å². The summed E-state index contributed by atoms with van der Waals surface area (Å²) < 4.78 is 32.4. The molecule has 1 aromatic heterocycles. The number of nitrogens with zero attached hydrogens (tertiary/aromatic N) is 1. The number of benzene rings is 2. The maximum Gasteiger partial charge on any atom is 0.323 e. The number of nitrogens with one attached hydrogen (secondary N) is 1. The second-order valence-corrected chi connectivity index (χ2v) is 6.04. The van der Waals surface area contributed by atoms with Crippen LogP contribution in [-0.4, -0.2) is 35.6 Å². The van der Waals surface area contributed by atoms with E-state index in [-0.39, 0.29) is 13.0 Å². The first kappa shape index (κ1) is 18.1. The molecule has 0 saturated heterocycles. The molecule has 0 aliphatic carbocycles. The molecule has 1 N–H and O–H groups in total. The molecule has 0 spiro atoms. The number of alkyl halides is 2. The van der Waals surface area contributed by atoms with Crippen molar-refractivity contribution in [1.29, 1.82) is 0 Å². The van der Waals surface area contributed by atoms with Crippen molar-refractivity contribution in [3.8, 4) is 0 Å². The summed E-state index contributed by atoms with van der Waals surface area (Å²) in [6.07, 6.45) is 1.89. The lowest BCUT2D eigenvalue weighted by atomic mass is 10.0. The Balaban J connectivity index is 1.91. The summed E-state index contributed by atoms with van der Waals surface area (Å²) in [5.74, 6) is -0.675. The molecule has 0 saturated carbocycles. The lowest BCUT2D eigenvalue weighted by Crippen LogP contribution is -2.45. The Hall–Kier alpha value is -2.73. The molecule has 0 aliphatic rings. The Morgan fingerprint density at radius 3 is 2.50 bits per heavy atom. The minimum Gasteiger partial charge on any atom is -0.468 e. The number of ether oxygens (including phenoxy) is 1. The molecule has 26 heavy (non-hydrogen) atoms. The third-order valence-electron chi connectivity index (χ3n) is 4.42. The second-order valence-electron chi connectivity index (χ2n) is 6.04. The van der Waals surface area contributed by atoms with Crippen molar-refractivity contribution < 1.29 is 18.3 Å². The summed E-state index contributed by atoms with van der Waals surface area (Å²) in [5.41, 5.74) is 2.41. The van der Waals surface area contributed by atoms with Crippen molar-refractivity contribution in [2.24, 2.45) is 0 Å². The molecule has 2 aromatic carbocycles. The Labute approximate surface area is 150 Å². The molecular weight excluding hydrogens is 338 g/mol. The number of fused-ring (bicyclic) bond motifs is 1. The fraction of sp³-hybridized carbons (Fsp3) is 0.250. The van der Waals surface area contributed by atoms with E-state index in [1.54, 1.807) is 30.5 Å². The summed E-state index contributed by atoms with van der Waals surface area (Å²) in [5, 5.41) is 0.912. The van der Waals surface area contributed by atoms with E-state index in [1.807, 2.05) is 30.3 Å². The Bertz CT molecular complexity index is 864. The van der Waals surface area contributed by atoms with E-state index < -0.39 is 18.6 Å². The molecule has 4 nitrogen and oxygen atoms in total. The van der Waals surface area contributed by atoms with Crippen LogP contribution in [0.25, 0.3) is 10.9 Å². The summed E-state index contributed by atoms with van der Waals surface area (Å²) in [7, 11) is 1.22. The average Bonchev–Trinajstić information content (AvgIpc) is 3.07. The molecule has 1 heterocycles. The zero-order valence-corrected chi connectivity index (χ0v) is 14.4. The first-order valence-corrected chi connectivity index (χ1v) is 8.30. The molecule has 1 atom stereocenters. The number of methoxy groups -OCH3 is 1. The van der Waals surface area contributed by atoms with Crippen molar-refractivity contribution in [2.75, 3.05) is 7.11 Å². The van der Waals surface area contributed by atoms with Gasteiger partial charge in [-0.3, -0.25) is 4.79 Å². The van der Waals surface area contributed by atoms with Crippen molar-refractivity contribution >= 4 is 16.9 Å². The van der Waals surface area contributed by atoms with Gasteiger partial charge < -0.3 is 9.72 Å². The molecule has 0 bridgehead atoms. The minimum absolute atomic E-state index is 0.0410. The number of aromatic nitrogens is 1. The van der Waals surface area contributed by atoms with E-state index in [1.165, 1.54) is 7.11 Å². The quantitative estimate of drug-likeness (QED) is 0.513. The zero-order chi connectivity index (χ0) is 18.5. The van der Waals surface area contributed by atoms with Crippen LogP contribution in [-0.2, 0) is 22.5 Å². The minimum atomic E-state index is -2.79. The van der Waals surface area contributed by atoms with Gasteiger partial charge in [-0.1, -0.05) is 48.5 Å². The largest absolute Gasteiger partial charge is 0.468 e. The molecule has 6 heteroatoms. The maximum absolute atomic E-state index is 13.8. The number of hydrogen-bond acceptors (Lipinski definition) is 3. The molecule has 3 aromatic rings. The van der Waals surface area contributed by atoms with Gasteiger partial charge in [0, 0.05) is 30.1 Å². The van der Waals surface area contributed by atoms with Crippen LogP contribution in [0.3, 0.4) is 0 Å². The van der Waals surface area contributed by atoms with Crippen LogP contribution in [0.1, 0.15) is 11.1 Å². The fourth-order valence-electron chi connectivity index (χ4n) is 3.09.